The van der Waals surface area contributed by atoms with E-state index in [-0.39, 0.29) is 0 Å². The van der Waals surface area contributed by atoms with Crippen molar-refractivity contribution < 1.29 is 4.42 Å². The zero-order chi connectivity index (χ0) is 15.1. The van der Waals surface area contributed by atoms with Crippen molar-refractivity contribution in [1.82, 2.24) is 20.2 Å². The maximum absolute atomic E-state index is 6.23. The van der Waals surface area contributed by atoms with E-state index < -0.39 is 0 Å². The Balaban J connectivity index is 1.88. The van der Waals surface area contributed by atoms with Crippen molar-refractivity contribution in [3.8, 4) is 22.8 Å². The predicted octanol–water partition coefficient (Wildman–Crippen LogP) is 4.59. The van der Waals surface area contributed by atoms with Gasteiger partial charge in [0.1, 0.15) is 5.82 Å². The lowest BCUT2D eigenvalue weighted by Gasteiger charge is -2.02. The summed E-state index contributed by atoms with van der Waals surface area (Å²) in [5, 5.41) is 8.66. The maximum Gasteiger partial charge on any atom is 0.247 e. The first-order valence-electron chi connectivity index (χ1n) is 6.43. The quantitative estimate of drug-likeness (QED) is 0.583. The molecule has 4 rings (SSSR count). The number of nitrogens with one attached hydrogen (secondary N) is 1. The number of benzene rings is 2. The number of fused-ring (bicyclic) bond motifs is 1. The Morgan fingerprint density at radius 3 is 2.59 bits per heavy atom. The van der Waals surface area contributed by atoms with Crippen LogP contribution in [0, 0.1) is 0 Å². The fourth-order valence-electron chi connectivity index (χ4n) is 2.28. The molecule has 0 atom stereocenters. The molecule has 22 heavy (non-hydrogen) atoms. The van der Waals surface area contributed by atoms with Crippen molar-refractivity contribution in [3.05, 3.63) is 52.8 Å². The van der Waals surface area contributed by atoms with Crippen LogP contribution in [0.1, 0.15) is 0 Å². The van der Waals surface area contributed by atoms with Gasteiger partial charge in [-0.3, -0.25) is 0 Å². The fourth-order valence-corrected chi connectivity index (χ4v) is 2.86. The molecule has 4 aromatic rings. The monoisotopic (exact) mass is 330 g/mol. The minimum atomic E-state index is 0.453. The summed E-state index contributed by atoms with van der Waals surface area (Å²) in [7, 11) is 0. The van der Waals surface area contributed by atoms with Crippen LogP contribution in [0.5, 0.6) is 0 Å². The molecule has 0 aliphatic heterocycles. The summed E-state index contributed by atoms with van der Waals surface area (Å²) in [4.78, 5) is 7.76. The second-order valence-electron chi connectivity index (χ2n) is 4.66. The molecule has 0 radical (unpaired) electrons. The standard InChI is InChI=1S/C15H8Cl2N4O/c16-9-2-1-3-10(17)13(9)14-19-11-5-4-8(6-12(11)20-14)15-21-18-7-22-15/h1-7H,(H,19,20). The van der Waals surface area contributed by atoms with Crippen molar-refractivity contribution in [1.29, 1.82) is 0 Å². The van der Waals surface area contributed by atoms with E-state index in [1.54, 1.807) is 18.2 Å². The van der Waals surface area contributed by atoms with E-state index in [9.17, 15) is 0 Å². The van der Waals surface area contributed by atoms with Crippen molar-refractivity contribution in [2.75, 3.05) is 0 Å². The predicted molar refractivity (Wildman–Crippen MR) is 84.8 cm³/mol. The highest BCUT2D eigenvalue weighted by Gasteiger charge is 2.13. The average molecular weight is 331 g/mol. The molecule has 0 saturated heterocycles. The minimum Gasteiger partial charge on any atom is -0.423 e. The van der Waals surface area contributed by atoms with Crippen molar-refractivity contribution >= 4 is 34.2 Å². The molecule has 0 saturated carbocycles. The van der Waals surface area contributed by atoms with Gasteiger partial charge in [0.15, 0.2) is 0 Å². The molecule has 0 aliphatic carbocycles. The van der Waals surface area contributed by atoms with Gasteiger partial charge in [-0.1, -0.05) is 29.3 Å². The molecular weight excluding hydrogens is 323 g/mol. The molecule has 108 valence electrons. The number of H-pyrrole nitrogens is 1. The third-order valence-electron chi connectivity index (χ3n) is 3.29. The lowest BCUT2D eigenvalue weighted by molar-refractivity contribution is 0.568. The summed E-state index contributed by atoms with van der Waals surface area (Å²) in [6.45, 7) is 0. The molecule has 0 amide bonds. The van der Waals surface area contributed by atoms with Crippen LogP contribution in [0.4, 0.5) is 0 Å². The highest BCUT2D eigenvalue weighted by Crippen LogP contribution is 2.34. The van der Waals surface area contributed by atoms with Crippen molar-refractivity contribution in [2.45, 2.75) is 0 Å². The molecule has 7 heteroatoms. The minimum absolute atomic E-state index is 0.453. The number of nitrogens with zero attached hydrogens (tertiary/aromatic N) is 3. The normalized spacial score (nSPS) is 11.2. The smallest absolute Gasteiger partial charge is 0.247 e. The van der Waals surface area contributed by atoms with Gasteiger partial charge in [0.05, 0.1) is 26.6 Å². The highest BCUT2D eigenvalue weighted by atomic mass is 35.5. The van der Waals surface area contributed by atoms with Gasteiger partial charge < -0.3 is 9.40 Å². The molecule has 2 heterocycles. The van der Waals surface area contributed by atoms with Crippen LogP contribution in [-0.2, 0) is 0 Å². The summed E-state index contributed by atoms with van der Waals surface area (Å²) < 4.78 is 5.20. The van der Waals surface area contributed by atoms with Crippen LogP contribution >= 0.6 is 23.2 Å². The zero-order valence-corrected chi connectivity index (χ0v) is 12.6. The topological polar surface area (TPSA) is 67.6 Å². The molecular formula is C15H8Cl2N4O. The number of hydrogen-bond donors (Lipinski definition) is 1. The Bertz CT molecular complexity index is 943. The van der Waals surface area contributed by atoms with Crippen LogP contribution in [-0.4, -0.2) is 20.2 Å². The Morgan fingerprint density at radius 1 is 1.05 bits per heavy atom. The number of imidazole rings is 1. The van der Waals surface area contributed by atoms with E-state index in [0.29, 0.717) is 27.3 Å². The van der Waals surface area contributed by atoms with Gasteiger partial charge >= 0.3 is 0 Å². The number of rotatable bonds is 2. The third-order valence-corrected chi connectivity index (χ3v) is 3.92. The molecule has 2 aromatic carbocycles. The summed E-state index contributed by atoms with van der Waals surface area (Å²) >= 11 is 12.5. The summed E-state index contributed by atoms with van der Waals surface area (Å²) in [6.07, 6.45) is 1.29. The lowest BCUT2D eigenvalue weighted by Crippen LogP contribution is -1.83. The molecule has 5 nitrogen and oxygen atoms in total. The van der Waals surface area contributed by atoms with Crippen LogP contribution in [0.15, 0.2) is 47.2 Å². The van der Waals surface area contributed by atoms with E-state index in [1.165, 1.54) is 6.39 Å². The fraction of sp³-hybridized carbons (Fsp3) is 0. The molecule has 0 fully saturated rings. The van der Waals surface area contributed by atoms with Crippen LogP contribution in [0.25, 0.3) is 33.9 Å². The molecule has 1 N–H and O–H groups in total. The molecule has 0 aliphatic rings. The first-order chi connectivity index (χ1) is 10.7. The van der Waals surface area contributed by atoms with E-state index >= 15 is 0 Å². The summed E-state index contributed by atoms with van der Waals surface area (Å²) in [5.41, 5.74) is 3.13. The first kappa shape index (κ1) is 13.3. The van der Waals surface area contributed by atoms with Crippen LogP contribution in [0.3, 0.4) is 0 Å². The number of halogens is 2. The van der Waals surface area contributed by atoms with Gasteiger partial charge in [-0.05, 0) is 30.3 Å². The van der Waals surface area contributed by atoms with Gasteiger partial charge in [-0.15, -0.1) is 10.2 Å². The number of aromatic nitrogens is 4. The Kier molecular flexibility index (Phi) is 3.10. The van der Waals surface area contributed by atoms with E-state index in [1.807, 2.05) is 18.2 Å². The van der Waals surface area contributed by atoms with Gasteiger partial charge in [0.25, 0.3) is 0 Å². The largest absolute Gasteiger partial charge is 0.423 e. The number of aromatic amines is 1. The molecule has 0 spiro atoms. The summed E-state index contributed by atoms with van der Waals surface area (Å²) in [5.74, 6) is 1.07. The van der Waals surface area contributed by atoms with Crippen LogP contribution < -0.4 is 0 Å². The summed E-state index contributed by atoms with van der Waals surface area (Å²) in [6, 6.07) is 11.0. The second-order valence-corrected chi connectivity index (χ2v) is 5.47. The zero-order valence-electron chi connectivity index (χ0n) is 11.0. The highest BCUT2D eigenvalue weighted by molar-refractivity contribution is 6.39. The SMILES string of the molecule is Clc1cccc(Cl)c1-c1nc2ccc(-c3nnco3)cc2[nH]1. The molecule has 0 bridgehead atoms. The van der Waals surface area contributed by atoms with Crippen LogP contribution in [0.2, 0.25) is 10.0 Å². The Labute approximate surface area is 134 Å². The Hall–Kier alpha value is -2.37. The third kappa shape index (κ3) is 2.15. The van der Waals surface area contributed by atoms with Gasteiger partial charge in [0.2, 0.25) is 12.3 Å². The second kappa shape index (κ2) is 5.12. The first-order valence-corrected chi connectivity index (χ1v) is 7.18. The Morgan fingerprint density at radius 2 is 1.86 bits per heavy atom. The lowest BCUT2D eigenvalue weighted by atomic mass is 10.2. The van der Waals surface area contributed by atoms with E-state index in [0.717, 1.165) is 16.6 Å². The van der Waals surface area contributed by atoms with Gasteiger partial charge in [-0.25, -0.2) is 4.98 Å². The maximum atomic E-state index is 6.23. The average Bonchev–Trinajstić information content (AvgIpc) is 3.15. The van der Waals surface area contributed by atoms with Gasteiger partial charge in [-0.2, -0.15) is 0 Å². The van der Waals surface area contributed by atoms with Gasteiger partial charge in [0, 0.05) is 5.56 Å². The van der Waals surface area contributed by atoms with E-state index in [2.05, 4.69) is 20.2 Å². The molecule has 0 unspecified atom stereocenters. The number of hydrogen-bond acceptors (Lipinski definition) is 4. The molecule has 2 aromatic heterocycles. The van der Waals surface area contributed by atoms with E-state index in [4.69, 9.17) is 27.6 Å². The van der Waals surface area contributed by atoms with Crippen molar-refractivity contribution in [2.24, 2.45) is 0 Å². The van der Waals surface area contributed by atoms with Crippen molar-refractivity contribution in [3.63, 3.8) is 0 Å².